The van der Waals surface area contributed by atoms with E-state index in [-0.39, 0.29) is 0 Å². The third kappa shape index (κ3) is 2.82. The Hall–Kier alpha value is -4.56. The summed E-state index contributed by atoms with van der Waals surface area (Å²) in [6.07, 6.45) is 2.26. The summed E-state index contributed by atoms with van der Waals surface area (Å²) in [6, 6.07) is 45.4. The second-order valence-corrected chi connectivity index (χ2v) is 8.68. The Balaban J connectivity index is 1.40. The molecule has 0 atom stereocenters. The fourth-order valence-corrected chi connectivity index (χ4v) is 5.20. The summed E-state index contributed by atoms with van der Waals surface area (Å²) in [4.78, 5) is 0. The topological polar surface area (TPSA) is 9.86 Å². The molecule has 0 saturated carbocycles. The molecule has 0 aliphatic rings. The number of aromatic nitrogens is 2. The summed E-state index contributed by atoms with van der Waals surface area (Å²) < 4.78 is 4.66. The van der Waals surface area contributed by atoms with Gasteiger partial charge in [0, 0.05) is 39.3 Å². The molecule has 0 aliphatic heterocycles. The van der Waals surface area contributed by atoms with Gasteiger partial charge in [-0.05, 0) is 48.0 Å². The zero-order valence-corrected chi connectivity index (χ0v) is 18.6. The van der Waals surface area contributed by atoms with E-state index in [0.717, 1.165) is 5.69 Å². The average Bonchev–Trinajstić information content (AvgIpc) is 3.46. The van der Waals surface area contributed by atoms with Crippen LogP contribution in [0.5, 0.6) is 0 Å². The molecule has 0 fully saturated rings. The quantitative estimate of drug-likeness (QED) is 0.264. The van der Waals surface area contributed by atoms with Crippen LogP contribution in [0, 0.1) is 0 Å². The number of rotatable bonds is 3. The highest BCUT2D eigenvalue weighted by molar-refractivity contribution is 6.09. The molecule has 7 rings (SSSR count). The minimum Gasteiger partial charge on any atom is -0.316 e. The van der Waals surface area contributed by atoms with Gasteiger partial charge in [0.1, 0.15) is 0 Å². The molecule has 0 N–H and O–H groups in total. The number of hydrogen-bond acceptors (Lipinski definition) is 0. The maximum atomic E-state index is 2.36. The lowest BCUT2D eigenvalue weighted by atomic mass is 10.1. The lowest BCUT2D eigenvalue weighted by Gasteiger charge is -2.10. The minimum absolute atomic E-state index is 1.16. The van der Waals surface area contributed by atoms with Gasteiger partial charge in [0.05, 0.1) is 16.6 Å². The Morgan fingerprint density at radius 2 is 0.882 bits per heavy atom. The van der Waals surface area contributed by atoms with E-state index in [9.17, 15) is 0 Å². The highest BCUT2D eigenvalue weighted by Crippen LogP contribution is 2.34. The van der Waals surface area contributed by atoms with E-state index in [1.807, 2.05) is 0 Å². The summed E-state index contributed by atoms with van der Waals surface area (Å²) in [5.74, 6) is 0. The van der Waals surface area contributed by atoms with Crippen molar-refractivity contribution >= 4 is 32.7 Å². The Bertz CT molecular complexity index is 1730. The van der Waals surface area contributed by atoms with Crippen LogP contribution in [-0.4, -0.2) is 9.13 Å². The molecule has 7 aromatic rings. The van der Waals surface area contributed by atoms with Crippen molar-refractivity contribution in [2.75, 3.05) is 0 Å². The Labute approximate surface area is 197 Å². The second-order valence-electron chi connectivity index (χ2n) is 8.68. The molecule has 0 bridgehead atoms. The van der Waals surface area contributed by atoms with Gasteiger partial charge in [-0.2, -0.15) is 0 Å². The lowest BCUT2D eigenvalue weighted by molar-refractivity contribution is 1.11. The highest BCUT2D eigenvalue weighted by atomic mass is 15.0. The zero-order chi connectivity index (χ0) is 22.5. The summed E-state index contributed by atoms with van der Waals surface area (Å²) >= 11 is 0. The van der Waals surface area contributed by atoms with Gasteiger partial charge in [-0.1, -0.05) is 84.9 Å². The fourth-order valence-electron chi connectivity index (χ4n) is 5.20. The number of nitrogens with zero attached hydrogens (tertiary/aromatic N) is 2. The first-order chi connectivity index (χ1) is 16.9. The molecule has 0 radical (unpaired) electrons. The van der Waals surface area contributed by atoms with Crippen LogP contribution in [0.15, 0.2) is 134 Å². The predicted octanol–water partition coefficient (Wildman–Crippen LogP) is 8.39. The van der Waals surface area contributed by atoms with Gasteiger partial charge < -0.3 is 9.13 Å². The van der Waals surface area contributed by atoms with Crippen molar-refractivity contribution in [2.45, 2.75) is 0 Å². The van der Waals surface area contributed by atoms with Crippen LogP contribution in [0.2, 0.25) is 0 Å². The smallest absolute Gasteiger partial charge is 0.0541 e. The largest absolute Gasteiger partial charge is 0.316 e. The lowest BCUT2D eigenvalue weighted by Crippen LogP contribution is -1.96. The van der Waals surface area contributed by atoms with E-state index >= 15 is 0 Å². The summed E-state index contributed by atoms with van der Waals surface area (Å²) in [7, 11) is 0. The fraction of sp³-hybridized carbons (Fsp3) is 0. The van der Waals surface area contributed by atoms with Gasteiger partial charge in [-0.25, -0.2) is 0 Å². The Kier molecular flexibility index (Phi) is 4.18. The Morgan fingerprint density at radius 3 is 1.53 bits per heavy atom. The van der Waals surface area contributed by atoms with Gasteiger partial charge in [-0.3, -0.25) is 0 Å². The van der Waals surface area contributed by atoms with Crippen LogP contribution in [0.1, 0.15) is 0 Å². The van der Waals surface area contributed by atoms with E-state index in [4.69, 9.17) is 0 Å². The number of benzene rings is 5. The summed E-state index contributed by atoms with van der Waals surface area (Å²) in [6.45, 7) is 0. The molecule has 0 aliphatic carbocycles. The van der Waals surface area contributed by atoms with Gasteiger partial charge in [-0.15, -0.1) is 0 Å². The molecule has 2 aromatic heterocycles. The monoisotopic (exact) mass is 434 g/mol. The third-order valence-corrected chi connectivity index (χ3v) is 6.76. The van der Waals surface area contributed by atoms with Gasteiger partial charge in [0.2, 0.25) is 0 Å². The van der Waals surface area contributed by atoms with Crippen molar-refractivity contribution in [1.29, 1.82) is 0 Å². The molecule has 0 amide bonds. The average molecular weight is 435 g/mol. The number of hydrogen-bond donors (Lipinski definition) is 0. The molecular weight excluding hydrogens is 412 g/mol. The predicted molar refractivity (Wildman–Crippen MR) is 143 cm³/mol. The number of fused-ring (bicyclic) bond motifs is 4. The molecule has 0 spiro atoms. The summed E-state index contributed by atoms with van der Waals surface area (Å²) in [5, 5.41) is 3.83. The molecule has 34 heavy (non-hydrogen) atoms. The van der Waals surface area contributed by atoms with Gasteiger partial charge >= 0.3 is 0 Å². The van der Waals surface area contributed by atoms with Crippen LogP contribution in [-0.2, 0) is 0 Å². The standard InChI is InChI=1S/C32H22N2/c1-2-10-23(11-3-1)29-22-33(30-15-7-4-14-28(29)30)24-18-20-25(21-19-24)34-31-16-8-5-12-26(31)27-13-6-9-17-32(27)34/h1-22H. The van der Waals surface area contributed by atoms with E-state index in [1.165, 1.54) is 49.5 Å². The maximum absolute atomic E-state index is 2.36. The molecule has 0 saturated heterocycles. The van der Waals surface area contributed by atoms with E-state index in [2.05, 4.69) is 143 Å². The van der Waals surface area contributed by atoms with Crippen LogP contribution in [0.25, 0.3) is 55.2 Å². The van der Waals surface area contributed by atoms with Gasteiger partial charge in [0.25, 0.3) is 0 Å². The first kappa shape index (κ1) is 19.0. The zero-order valence-electron chi connectivity index (χ0n) is 18.6. The first-order valence-corrected chi connectivity index (χ1v) is 11.6. The van der Waals surface area contributed by atoms with Crippen molar-refractivity contribution in [2.24, 2.45) is 0 Å². The van der Waals surface area contributed by atoms with Crippen LogP contribution < -0.4 is 0 Å². The molecule has 2 heteroatoms. The van der Waals surface area contributed by atoms with E-state index in [0.29, 0.717) is 0 Å². The Morgan fingerprint density at radius 1 is 0.382 bits per heavy atom. The maximum Gasteiger partial charge on any atom is 0.0541 e. The van der Waals surface area contributed by atoms with Crippen LogP contribution >= 0.6 is 0 Å². The molecule has 160 valence electrons. The van der Waals surface area contributed by atoms with Crippen molar-refractivity contribution in [3.63, 3.8) is 0 Å². The van der Waals surface area contributed by atoms with Crippen molar-refractivity contribution in [3.8, 4) is 22.5 Å². The van der Waals surface area contributed by atoms with E-state index < -0.39 is 0 Å². The molecule has 5 aromatic carbocycles. The van der Waals surface area contributed by atoms with Crippen LogP contribution in [0.4, 0.5) is 0 Å². The van der Waals surface area contributed by atoms with Crippen molar-refractivity contribution in [3.05, 3.63) is 134 Å². The molecule has 0 unspecified atom stereocenters. The van der Waals surface area contributed by atoms with Crippen molar-refractivity contribution in [1.82, 2.24) is 9.13 Å². The van der Waals surface area contributed by atoms with Crippen LogP contribution in [0.3, 0.4) is 0 Å². The summed E-state index contributed by atoms with van der Waals surface area (Å²) in [5.41, 5.74) is 8.49. The SMILES string of the molecule is c1ccc(-c2cn(-c3ccc(-n4c5ccccc5c5ccccc54)cc3)c3ccccc23)cc1. The highest BCUT2D eigenvalue weighted by Gasteiger charge is 2.13. The third-order valence-electron chi connectivity index (χ3n) is 6.76. The normalized spacial score (nSPS) is 11.5. The van der Waals surface area contributed by atoms with E-state index in [1.54, 1.807) is 0 Å². The minimum atomic E-state index is 1.16. The molecule has 2 heterocycles. The first-order valence-electron chi connectivity index (χ1n) is 11.6. The number of para-hydroxylation sites is 3. The molecule has 2 nitrogen and oxygen atoms in total. The second kappa shape index (κ2) is 7.50. The van der Waals surface area contributed by atoms with Gasteiger partial charge in [0.15, 0.2) is 0 Å². The molecular formula is C32H22N2. The van der Waals surface area contributed by atoms with Crippen molar-refractivity contribution < 1.29 is 0 Å².